The molecule has 2 aliphatic rings. The van der Waals surface area contributed by atoms with E-state index < -0.39 is 23.1 Å². The Balaban J connectivity index is 1.40. The summed E-state index contributed by atoms with van der Waals surface area (Å²) in [5, 5.41) is 22.1. The zero-order valence-electron chi connectivity index (χ0n) is 19.4. The zero-order chi connectivity index (χ0) is 24.3. The van der Waals surface area contributed by atoms with Crippen LogP contribution in [0.4, 0.5) is 14.7 Å². The van der Waals surface area contributed by atoms with Gasteiger partial charge in [-0.2, -0.15) is 0 Å². The van der Waals surface area contributed by atoms with Gasteiger partial charge in [-0.05, 0) is 32.4 Å². The van der Waals surface area contributed by atoms with Crippen LogP contribution < -0.4 is 10.2 Å². The number of anilines is 1. The van der Waals surface area contributed by atoms with E-state index in [0.29, 0.717) is 17.2 Å². The van der Waals surface area contributed by atoms with E-state index in [1.165, 1.54) is 13.3 Å². The molecule has 0 radical (unpaired) electrons. The third-order valence-corrected chi connectivity index (χ3v) is 7.23. The number of halogens is 2. The van der Waals surface area contributed by atoms with Crippen molar-refractivity contribution >= 4 is 5.95 Å². The van der Waals surface area contributed by atoms with Gasteiger partial charge in [0.05, 0.1) is 41.4 Å². The number of alkyl halides is 2. The summed E-state index contributed by atoms with van der Waals surface area (Å²) in [6.45, 7) is 3.34. The molecule has 0 aliphatic carbocycles. The Morgan fingerprint density at radius 2 is 2.06 bits per heavy atom. The number of phenols is 1. The molecule has 2 bridgehead atoms. The number of ether oxygens (including phenoxy) is 1. The Bertz CT molecular complexity index is 1190. The van der Waals surface area contributed by atoms with Gasteiger partial charge < -0.3 is 19.3 Å². The molecule has 180 valence electrons. The van der Waals surface area contributed by atoms with Crippen molar-refractivity contribution in [3.8, 4) is 22.7 Å². The molecule has 2 aliphatic heterocycles. The Labute approximate surface area is 195 Å². The molecule has 0 amide bonds. The quantitative estimate of drug-likeness (QED) is 0.586. The number of benzene rings is 1. The molecule has 4 heterocycles. The molecule has 0 spiro atoms. The number of phenolic OH excluding ortho intramolecular Hbond substituents is 1. The van der Waals surface area contributed by atoms with Gasteiger partial charge in [0.25, 0.3) is 5.92 Å². The molecular formula is C23H27F2N7O2. The SMILES string of the molecule is CO[C@@H]1[C@@H](N(C)c2ncc(-c3ccc(-n4ccnc4)cc3O)nn2)C[C@@]2(C)N[C@]1(C)CC2(F)F. The molecule has 0 unspecified atom stereocenters. The number of fused-ring (bicyclic) bond motifs is 2. The summed E-state index contributed by atoms with van der Waals surface area (Å²) in [7, 11) is 3.30. The van der Waals surface area contributed by atoms with E-state index in [4.69, 9.17) is 4.74 Å². The number of methoxy groups -OCH3 is 1. The number of piperidine rings is 1. The number of rotatable bonds is 5. The Kier molecular flexibility index (Phi) is 5.10. The molecule has 5 rings (SSSR count). The Morgan fingerprint density at radius 1 is 1.26 bits per heavy atom. The molecule has 2 saturated heterocycles. The first-order chi connectivity index (χ1) is 16.1. The minimum Gasteiger partial charge on any atom is -0.507 e. The number of imidazole rings is 1. The van der Waals surface area contributed by atoms with Gasteiger partial charge in [-0.25, -0.2) is 18.7 Å². The normalized spacial score (nSPS) is 29.8. The topological polar surface area (TPSA) is 101 Å². The van der Waals surface area contributed by atoms with Crippen LogP contribution in [-0.2, 0) is 4.74 Å². The number of nitrogens with one attached hydrogen (secondary N) is 1. The van der Waals surface area contributed by atoms with Crippen LogP contribution >= 0.6 is 0 Å². The van der Waals surface area contributed by atoms with E-state index in [1.807, 2.05) is 6.07 Å². The van der Waals surface area contributed by atoms with Crippen LogP contribution in [0.1, 0.15) is 26.7 Å². The van der Waals surface area contributed by atoms with Crippen molar-refractivity contribution in [1.29, 1.82) is 0 Å². The van der Waals surface area contributed by atoms with Crippen LogP contribution in [0, 0.1) is 0 Å². The van der Waals surface area contributed by atoms with Crippen molar-refractivity contribution in [1.82, 2.24) is 30.0 Å². The van der Waals surface area contributed by atoms with Crippen molar-refractivity contribution in [3.63, 3.8) is 0 Å². The summed E-state index contributed by atoms with van der Waals surface area (Å²) in [5.74, 6) is -2.54. The van der Waals surface area contributed by atoms with Gasteiger partial charge >= 0.3 is 0 Å². The lowest BCUT2D eigenvalue weighted by Gasteiger charge is -2.49. The van der Waals surface area contributed by atoms with E-state index in [0.717, 1.165) is 5.69 Å². The van der Waals surface area contributed by atoms with Crippen molar-refractivity contribution in [2.75, 3.05) is 19.1 Å². The third kappa shape index (κ3) is 3.41. The Morgan fingerprint density at radius 3 is 2.68 bits per heavy atom. The standard InChI is InChI=1S/C23H27F2N7O2/c1-21-12-23(24,25)22(2,30-21)10-17(19(21)34-4)31(3)20-27-11-16(28-29-20)15-6-5-14(9-18(15)33)32-8-7-26-13-32/h5-9,11,13,17,19,30,33H,10,12H2,1-4H3/t17-,19+,21+,22+/m0/s1. The second-order valence-electron chi connectivity index (χ2n) is 9.61. The van der Waals surface area contributed by atoms with Gasteiger partial charge in [0.2, 0.25) is 5.95 Å². The lowest BCUT2D eigenvalue weighted by Crippen LogP contribution is -2.69. The van der Waals surface area contributed by atoms with Gasteiger partial charge in [0, 0.05) is 44.6 Å². The minimum absolute atomic E-state index is 0.0286. The molecule has 2 aromatic heterocycles. The summed E-state index contributed by atoms with van der Waals surface area (Å²) in [5.41, 5.74) is -0.619. The van der Waals surface area contributed by atoms with Crippen molar-refractivity contribution < 1.29 is 18.6 Å². The third-order valence-electron chi connectivity index (χ3n) is 7.23. The van der Waals surface area contributed by atoms with Gasteiger partial charge in [-0.1, -0.05) is 0 Å². The number of aromatic nitrogens is 5. The number of likely N-dealkylation sites (N-methyl/N-ethyl adjacent to an activating group) is 1. The predicted molar refractivity (Wildman–Crippen MR) is 121 cm³/mol. The zero-order valence-corrected chi connectivity index (χ0v) is 19.4. The maximum absolute atomic E-state index is 14.9. The predicted octanol–water partition coefficient (Wildman–Crippen LogP) is 2.80. The number of aromatic hydroxyl groups is 1. The molecule has 9 nitrogen and oxygen atoms in total. The molecule has 4 atom stereocenters. The fraction of sp³-hybridized carbons (Fsp3) is 0.478. The van der Waals surface area contributed by atoms with Crippen molar-refractivity contribution in [2.45, 2.75) is 55.8 Å². The van der Waals surface area contributed by atoms with Crippen LogP contribution in [0.25, 0.3) is 16.9 Å². The lowest BCUT2D eigenvalue weighted by molar-refractivity contribution is -0.0622. The molecule has 1 aromatic carbocycles. The molecule has 2 N–H and O–H groups in total. The highest BCUT2D eigenvalue weighted by molar-refractivity contribution is 5.68. The molecule has 34 heavy (non-hydrogen) atoms. The van der Waals surface area contributed by atoms with E-state index >= 15 is 0 Å². The van der Waals surface area contributed by atoms with Gasteiger partial charge in [-0.3, -0.25) is 5.32 Å². The molecule has 2 fully saturated rings. The van der Waals surface area contributed by atoms with Crippen LogP contribution in [-0.4, -0.2) is 73.1 Å². The number of hydrogen-bond acceptors (Lipinski definition) is 8. The van der Waals surface area contributed by atoms with Gasteiger partial charge in [-0.15, -0.1) is 10.2 Å². The van der Waals surface area contributed by atoms with Gasteiger partial charge in [0.1, 0.15) is 11.4 Å². The van der Waals surface area contributed by atoms with Crippen LogP contribution in [0.15, 0.2) is 43.1 Å². The summed E-state index contributed by atoms with van der Waals surface area (Å²) in [6.07, 6.45) is 5.94. The molecule has 0 saturated carbocycles. The largest absolute Gasteiger partial charge is 0.507 e. The summed E-state index contributed by atoms with van der Waals surface area (Å²) in [4.78, 5) is 10.2. The minimum atomic E-state index is -2.86. The van der Waals surface area contributed by atoms with Crippen LogP contribution in [0.5, 0.6) is 5.75 Å². The second-order valence-corrected chi connectivity index (χ2v) is 9.61. The van der Waals surface area contributed by atoms with Crippen LogP contribution in [0.2, 0.25) is 0 Å². The van der Waals surface area contributed by atoms with Gasteiger partial charge in [0.15, 0.2) is 0 Å². The first kappa shape index (κ1) is 22.6. The fourth-order valence-corrected chi connectivity index (χ4v) is 5.51. The number of nitrogens with zero attached hydrogens (tertiary/aromatic N) is 6. The monoisotopic (exact) mass is 471 g/mol. The average molecular weight is 472 g/mol. The lowest BCUT2D eigenvalue weighted by atomic mass is 9.81. The molecule has 3 aromatic rings. The first-order valence-corrected chi connectivity index (χ1v) is 11.0. The van der Waals surface area contributed by atoms with Crippen molar-refractivity contribution in [3.05, 3.63) is 43.1 Å². The van der Waals surface area contributed by atoms with E-state index in [1.54, 1.807) is 61.2 Å². The summed E-state index contributed by atoms with van der Waals surface area (Å²) >= 11 is 0. The summed E-state index contributed by atoms with van der Waals surface area (Å²) < 4.78 is 37.2. The molecule has 11 heteroatoms. The van der Waals surface area contributed by atoms with E-state index in [9.17, 15) is 13.9 Å². The maximum atomic E-state index is 14.9. The smallest absolute Gasteiger partial charge is 0.267 e. The highest BCUT2D eigenvalue weighted by Crippen LogP contribution is 2.53. The molecular weight excluding hydrogens is 444 g/mol. The van der Waals surface area contributed by atoms with Crippen molar-refractivity contribution in [2.24, 2.45) is 0 Å². The summed E-state index contributed by atoms with van der Waals surface area (Å²) in [6, 6.07) is 4.78. The second kappa shape index (κ2) is 7.67. The first-order valence-electron chi connectivity index (χ1n) is 11.0. The van der Waals surface area contributed by atoms with E-state index in [2.05, 4.69) is 25.5 Å². The average Bonchev–Trinajstić information content (AvgIpc) is 3.37. The fourth-order valence-electron chi connectivity index (χ4n) is 5.51. The Hall–Kier alpha value is -3.18. The highest BCUT2D eigenvalue weighted by Gasteiger charge is 2.69. The maximum Gasteiger partial charge on any atom is 0.267 e. The highest BCUT2D eigenvalue weighted by atomic mass is 19.3. The number of hydrogen-bond donors (Lipinski definition) is 2. The van der Waals surface area contributed by atoms with E-state index in [-0.39, 0.29) is 24.6 Å². The van der Waals surface area contributed by atoms with Crippen LogP contribution in [0.3, 0.4) is 0 Å².